The van der Waals surface area contributed by atoms with Crippen LogP contribution in [-0.2, 0) is 34.0 Å². The molecule has 2 aromatic heterocycles. The predicted molar refractivity (Wildman–Crippen MR) is 140 cm³/mol. The molecule has 1 aliphatic rings. The molecular formula is C25H29N9O7. The van der Waals surface area contributed by atoms with Gasteiger partial charge in [0, 0.05) is 12.4 Å². The molecular weight excluding hydrogens is 538 g/mol. The lowest BCUT2D eigenvalue weighted by Gasteiger charge is -2.36. The number of ether oxygens (including phenoxy) is 2. The number of hydrogen-bond donors (Lipinski definition) is 3. The van der Waals surface area contributed by atoms with Gasteiger partial charge in [-0.2, -0.15) is 20.1 Å². The molecule has 1 aromatic carbocycles. The van der Waals surface area contributed by atoms with Crippen molar-refractivity contribution in [2.75, 3.05) is 0 Å². The van der Waals surface area contributed by atoms with Crippen molar-refractivity contribution >= 4 is 30.1 Å². The number of alkyl carbamates (subject to hydrolysis) is 1. The van der Waals surface area contributed by atoms with Gasteiger partial charge in [0.1, 0.15) is 23.9 Å². The fourth-order valence-electron chi connectivity index (χ4n) is 3.70. The number of hydrogen-bond acceptors (Lipinski definition) is 9. The minimum atomic E-state index is -1.43. The van der Waals surface area contributed by atoms with Crippen molar-refractivity contribution in [1.29, 1.82) is 0 Å². The Labute approximate surface area is 233 Å². The first-order chi connectivity index (χ1) is 19.5. The van der Waals surface area contributed by atoms with E-state index in [-0.39, 0.29) is 31.3 Å². The van der Waals surface area contributed by atoms with Gasteiger partial charge in [-0.1, -0.05) is 30.3 Å². The molecule has 16 nitrogen and oxygen atoms in total. The van der Waals surface area contributed by atoms with Crippen LogP contribution in [0.1, 0.15) is 32.0 Å². The van der Waals surface area contributed by atoms with Crippen molar-refractivity contribution in [3.05, 3.63) is 66.2 Å². The minimum Gasteiger partial charge on any atom is -0.465 e. The van der Waals surface area contributed by atoms with Gasteiger partial charge in [-0.05, 0) is 32.4 Å². The number of nitrogens with zero attached hydrogens (tertiary/aromatic N) is 7. The number of carbonyl (C=O) groups is 4. The van der Waals surface area contributed by atoms with E-state index < -0.39 is 41.9 Å². The standard InChI is InChI=1S/C25H29N9O7/c1-25(2,3)41-23(37)30-21(33-11-7-10-26-33)32(24(38)39)13-17-12-27-34(31-17)14-18-19(20(35)28-18)29-22(36)40-15-16-8-5-4-6-9-16/h4-12,18-19H,13-15H2,1-3H3,(H,28,35)(H,29,36)(H,38,39)/b30-21+/t18-,19+/m1/s1. The van der Waals surface area contributed by atoms with Gasteiger partial charge in [-0.15, -0.1) is 4.99 Å². The Morgan fingerprint density at radius 2 is 1.93 bits per heavy atom. The first-order valence-corrected chi connectivity index (χ1v) is 12.5. The summed E-state index contributed by atoms with van der Waals surface area (Å²) in [5.74, 6) is -0.714. The van der Waals surface area contributed by atoms with E-state index in [4.69, 9.17) is 9.47 Å². The average Bonchev–Trinajstić information content (AvgIpc) is 3.60. The van der Waals surface area contributed by atoms with Crippen LogP contribution in [0.2, 0.25) is 0 Å². The number of benzene rings is 1. The Morgan fingerprint density at radius 1 is 1.17 bits per heavy atom. The van der Waals surface area contributed by atoms with E-state index >= 15 is 0 Å². The lowest BCUT2D eigenvalue weighted by Crippen LogP contribution is -2.70. The second-order valence-corrected chi connectivity index (χ2v) is 9.90. The summed E-state index contributed by atoms with van der Waals surface area (Å²) in [4.78, 5) is 54.7. The van der Waals surface area contributed by atoms with Gasteiger partial charge >= 0.3 is 18.3 Å². The Bertz CT molecular complexity index is 1410. The SMILES string of the molecule is CC(C)(C)OC(=O)/N=C(\N(Cc1cnn(C[C@H]2NC(=O)[C@H]2NC(=O)OCc2ccccc2)n1)C(=O)O)n1cccn1. The highest BCUT2D eigenvalue weighted by atomic mass is 16.6. The maximum atomic E-state index is 12.4. The van der Waals surface area contributed by atoms with Gasteiger partial charge in [0.25, 0.3) is 0 Å². The fraction of sp³-hybridized carbons (Fsp3) is 0.360. The molecule has 0 spiro atoms. The van der Waals surface area contributed by atoms with Crippen LogP contribution in [0, 0.1) is 0 Å². The smallest absolute Gasteiger partial charge is 0.437 e. The van der Waals surface area contributed by atoms with Crippen LogP contribution in [0.3, 0.4) is 0 Å². The monoisotopic (exact) mass is 567 g/mol. The van der Waals surface area contributed by atoms with Gasteiger partial charge < -0.3 is 25.2 Å². The Balaban J connectivity index is 1.40. The molecule has 0 radical (unpaired) electrons. The quantitative estimate of drug-likeness (QED) is 0.214. The average molecular weight is 568 g/mol. The van der Waals surface area contributed by atoms with Crippen LogP contribution < -0.4 is 10.6 Å². The molecule has 0 saturated carbocycles. The third-order valence-corrected chi connectivity index (χ3v) is 5.53. The Morgan fingerprint density at radius 3 is 2.56 bits per heavy atom. The maximum absolute atomic E-state index is 12.4. The molecule has 16 heteroatoms. The molecule has 3 heterocycles. The zero-order valence-corrected chi connectivity index (χ0v) is 22.5. The van der Waals surface area contributed by atoms with Crippen LogP contribution in [0.15, 0.2) is 60.0 Å². The van der Waals surface area contributed by atoms with Crippen molar-refractivity contribution < 1.29 is 33.8 Å². The summed E-state index contributed by atoms with van der Waals surface area (Å²) < 4.78 is 11.5. The topological polar surface area (TPSA) is 195 Å². The number of carbonyl (C=O) groups excluding carboxylic acids is 3. The normalized spacial score (nSPS) is 16.8. The van der Waals surface area contributed by atoms with Crippen LogP contribution in [0.5, 0.6) is 0 Å². The highest BCUT2D eigenvalue weighted by Crippen LogP contribution is 2.12. The summed E-state index contributed by atoms with van der Waals surface area (Å²) in [5, 5.41) is 27.5. The summed E-state index contributed by atoms with van der Waals surface area (Å²) in [6, 6.07) is 9.23. The fourth-order valence-corrected chi connectivity index (χ4v) is 3.70. The molecule has 0 unspecified atom stereocenters. The molecule has 1 saturated heterocycles. The molecule has 41 heavy (non-hydrogen) atoms. The molecule has 3 N–H and O–H groups in total. The number of β-lactam (4-membered cyclic amide) rings is 1. The molecule has 4 rings (SSSR count). The first-order valence-electron chi connectivity index (χ1n) is 12.5. The molecule has 216 valence electrons. The summed E-state index contributed by atoms with van der Waals surface area (Å²) >= 11 is 0. The molecule has 1 fully saturated rings. The van der Waals surface area contributed by atoms with E-state index in [0.29, 0.717) is 0 Å². The number of rotatable bonds is 7. The molecule has 3 aromatic rings. The van der Waals surface area contributed by atoms with Crippen molar-refractivity contribution in [3.8, 4) is 0 Å². The number of aliphatic imine (C=N–C) groups is 1. The highest BCUT2D eigenvalue weighted by Gasteiger charge is 2.41. The van der Waals surface area contributed by atoms with Crippen LogP contribution in [0.25, 0.3) is 0 Å². The van der Waals surface area contributed by atoms with Crippen molar-refractivity contribution in [2.45, 2.75) is 58.2 Å². The van der Waals surface area contributed by atoms with Gasteiger partial charge in [0.15, 0.2) is 0 Å². The molecule has 4 amide bonds. The summed E-state index contributed by atoms with van der Waals surface area (Å²) in [5.41, 5.74) is 0.163. The van der Waals surface area contributed by atoms with E-state index in [1.807, 2.05) is 18.2 Å². The van der Waals surface area contributed by atoms with Gasteiger partial charge in [-0.3, -0.25) is 4.79 Å². The summed E-state index contributed by atoms with van der Waals surface area (Å²) in [6.07, 6.45) is 0.978. The second kappa shape index (κ2) is 12.3. The number of aromatic nitrogens is 5. The lowest BCUT2D eigenvalue weighted by atomic mass is 9.99. The van der Waals surface area contributed by atoms with E-state index in [2.05, 4.69) is 30.9 Å². The summed E-state index contributed by atoms with van der Waals surface area (Å²) in [7, 11) is 0. The van der Waals surface area contributed by atoms with Gasteiger partial charge in [0.2, 0.25) is 11.9 Å². The molecule has 0 bridgehead atoms. The van der Waals surface area contributed by atoms with Crippen molar-refractivity contribution in [2.24, 2.45) is 4.99 Å². The Kier molecular flexibility index (Phi) is 8.60. The van der Waals surface area contributed by atoms with Crippen LogP contribution in [-0.4, -0.2) is 82.6 Å². The van der Waals surface area contributed by atoms with Crippen LogP contribution >= 0.6 is 0 Å². The van der Waals surface area contributed by atoms with E-state index in [9.17, 15) is 24.3 Å². The third-order valence-electron chi connectivity index (χ3n) is 5.53. The van der Waals surface area contributed by atoms with Gasteiger partial charge in [0.05, 0.1) is 25.3 Å². The number of amides is 4. The van der Waals surface area contributed by atoms with Gasteiger partial charge in [-0.25, -0.2) is 24.0 Å². The third kappa shape index (κ3) is 7.87. The molecule has 0 aliphatic carbocycles. The second-order valence-electron chi connectivity index (χ2n) is 9.90. The number of carboxylic acid groups (broad SMARTS) is 1. The zero-order chi connectivity index (χ0) is 29.6. The largest absolute Gasteiger partial charge is 0.465 e. The molecule has 2 atom stereocenters. The summed E-state index contributed by atoms with van der Waals surface area (Å²) in [6.45, 7) is 4.76. The van der Waals surface area contributed by atoms with Crippen molar-refractivity contribution in [3.63, 3.8) is 0 Å². The lowest BCUT2D eigenvalue weighted by molar-refractivity contribution is -0.132. The van der Waals surface area contributed by atoms with E-state index in [1.165, 1.54) is 29.5 Å². The minimum absolute atomic E-state index is 0.0492. The Hall–Kier alpha value is -5.28. The first kappa shape index (κ1) is 28.7. The maximum Gasteiger partial charge on any atom is 0.437 e. The zero-order valence-electron chi connectivity index (χ0n) is 22.5. The predicted octanol–water partition coefficient (Wildman–Crippen LogP) is 1.59. The van der Waals surface area contributed by atoms with E-state index in [0.717, 1.165) is 15.1 Å². The van der Waals surface area contributed by atoms with E-state index in [1.54, 1.807) is 32.9 Å². The number of nitrogens with one attached hydrogen (secondary N) is 2. The van der Waals surface area contributed by atoms with Crippen LogP contribution in [0.4, 0.5) is 14.4 Å². The molecule has 1 aliphatic heterocycles. The van der Waals surface area contributed by atoms with Crippen molar-refractivity contribution in [1.82, 2.24) is 40.3 Å². The highest BCUT2D eigenvalue weighted by molar-refractivity contribution is 5.99.